The first kappa shape index (κ1) is 18.1. The van der Waals surface area contributed by atoms with Crippen molar-refractivity contribution in [3.63, 3.8) is 0 Å². The second-order valence-electron chi connectivity index (χ2n) is 5.31. The summed E-state index contributed by atoms with van der Waals surface area (Å²) in [4.78, 5) is 23.8. The van der Waals surface area contributed by atoms with E-state index in [9.17, 15) is 18.4 Å². The third kappa shape index (κ3) is 4.16. The summed E-state index contributed by atoms with van der Waals surface area (Å²) >= 11 is 3.30. The molecule has 2 aromatic rings. The predicted molar refractivity (Wildman–Crippen MR) is 87.7 cm³/mol. The summed E-state index contributed by atoms with van der Waals surface area (Å²) < 4.78 is 26.4. The van der Waals surface area contributed by atoms with Gasteiger partial charge in [-0.25, -0.2) is 8.78 Å². The molecule has 0 aliphatic rings. The van der Waals surface area contributed by atoms with Crippen molar-refractivity contribution in [1.29, 1.82) is 0 Å². The highest BCUT2D eigenvalue weighted by molar-refractivity contribution is 9.10. The largest absolute Gasteiger partial charge is 0.342 e. The molecule has 6 nitrogen and oxygen atoms in total. The van der Waals surface area contributed by atoms with Crippen LogP contribution in [-0.2, 0) is 4.79 Å². The van der Waals surface area contributed by atoms with Crippen LogP contribution in [0.2, 0.25) is 0 Å². The predicted octanol–water partition coefficient (Wildman–Crippen LogP) is 2.94. The number of nitrogens with zero attached hydrogens (tertiary/aromatic N) is 1. The summed E-state index contributed by atoms with van der Waals surface area (Å²) in [6.45, 7) is 3.54. The van der Waals surface area contributed by atoms with Crippen molar-refractivity contribution < 1.29 is 18.4 Å². The number of benzene rings is 1. The Hall–Kier alpha value is -2.29. The van der Waals surface area contributed by atoms with Gasteiger partial charge in [-0.05, 0) is 34.0 Å². The zero-order valence-electron chi connectivity index (χ0n) is 12.9. The first-order valence-electron chi connectivity index (χ1n) is 7.06. The quantitative estimate of drug-likeness (QED) is 0.720. The van der Waals surface area contributed by atoms with E-state index in [1.54, 1.807) is 0 Å². The number of H-pyrrole nitrogens is 1. The third-order valence-corrected chi connectivity index (χ3v) is 3.94. The maximum Gasteiger partial charge on any atom is 0.273 e. The molecule has 1 aromatic carbocycles. The van der Waals surface area contributed by atoms with Crippen molar-refractivity contribution in [2.45, 2.75) is 19.8 Å². The van der Waals surface area contributed by atoms with E-state index in [1.165, 1.54) is 6.07 Å². The summed E-state index contributed by atoms with van der Waals surface area (Å²) in [7, 11) is 0. The number of halogens is 3. The topological polar surface area (TPSA) is 86.9 Å². The number of anilines is 1. The standard InChI is InChI=1S/C15H15BrF2N4O2/c1-7(2)13-12(16)14(22-21-13)15(24)19-6-11(23)20-8-3-4-9(17)10(18)5-8/h3-5,7H,6H2,1-2H3,(H,19,24)(H,20,23)(H,21,22). The van der Waals surface area contributed by atoms with Crippen molar-refractivity contribution in [1.82, 2.24) is 15.5 Å². The Morgan fingerprint density at radius 1 is 1.29 bits per heavy atom. The molecule has 0 fully saturated rings. The lowest BCUT2D eigenvalue weighted by molar-refractivity contribution is -0.115. The fourth-order valence-corrected chi connectivity index (χ4v) is 2.71. The normalized spacial score (nSPS) is 10.8. The van der Waals surface area contributed by atoms with Gasteiger partial charge in [0.05, 0.1) is 16.7 Å². The average Bonchev–Trinajstić information content (AvgIpc) is 2.90. The molecule has 1 aromatic heterocycles. The van der Waals surface area contributed by atoms with Gasteiger partial charge in [0.2, 0.25) is 5.91 Å². The molecule has 0 saturated heterocycles. The van der Waals surface area contributed by atoms with Gasteiger partial charge < -0.3 is 10.6 Å². The van der Waals surface area contributed by atoms with Gasteiger partial charge in [0.1, 0.15) is 0 Å². The molecule has 0 radical (unpaired) electrons. The number of rotatable bonds is 5. The molecule has 9 heteroatoms. The van der Waals surface area contributed by atoms with Gasteiger partial charge in [-0.15, -0.1) is 0 Å². The molecular formula is C15H15BrF2N4O2. The van der Waals surface area contributed by atoms with Gasteiger partial charge in [-0.1, -0.05) is 13.8 Å². The first-order valence-corrected chi connectivity index (χ1v) is 7.85. The van der Waals surface area contributed by atoms with Gasteiger partial charge in [0, 0.05) is 11.8 Å². The van der Waals surface area contributed by atoms with Gasteiger partial charge in [0.25, 0.3) is 5.91 Å². The van der Waals surface area contributed by atoms with E-state index in [-0.39, 0.29) is 23.8 Å². The summed E-state index contributed by atoms with van der Waals surface area (Å²) in [5, 5.41) is 11.4. The third-order valence-electron chi connectivity index (χ3n) is 3.14. The zero-order chi connectivity index (χ0) is 17.9. The monoisotopic (exact) mass is 400 g/mol. The SMILES string of the molecule is CC(C)c1[nH]nc(C(=O)NCC(=O)Nc2ccc(F)c(F)c2)c1Br. The average molecular weight is 401 g/mol. The van der Waals surface area contributed by atoms with Gasteiger partial charge >= 0.3 is 0 Å². The maximum absolute atomic E-state index is 13.1. The van der Waals surface area contributed by atoms with Crippen molar-refractivity contribution in [3.8, 4) is 0 Å². The molecule has 0 bridgehead atoms. The summed E-state index contributed by atoms with van der Waals surface area (Å²) in [6.07, 6.45) is 0. The minimum Gasteiger partial charge on any atom is -0.342 e. The molecule has 2 rings (SSSR count). The molecule has 3 N–H and O–H groups in total. The van der Waals surface area contributed by atoms with Crippen LogP contribution in [0.5, 0.6) is 0 Å². The van der Waals surface area contributed by atoms with E-state index in [0.717, 1.165) is 17.8 Å². The molecule has 1 heterocycles. The summed E-state index contributed by atoms with van der Waals surface area (Å²) in [5.74, 6) is -3.05. The van der Waals surface area contributed by atoms with Crippen molar-refractivity contribution >= 4 is 33.4 Å². The van der Waals surface area contributed by atoms with Crippen LogP contribution in [0, 0.1) is 11.6 Å². The van der Waals surface area contributed by atoms with Crippen LogP contribution >= 0.6 is 15.9 Å². The van der Waals surface area contributed by atoms with Crippen LogP contribution in [0.1, 0.15) is 35.9 Å². The fourth-order valence-electron chi connectivity index (χ4n) is 1.90. The smallest absolute Gasteiger partial charge is 0.273 e. The van der Waals surface area contributed by atoms with Gasteiger partial charge in [-0.2, -0.15) is 5.10 Å². The summed E-state index contributed by atoms with van der Waals surface area (Å²) in [6, 6.07) is 2.98. The van der Waals surface area contributed by atoms with E-state index >= 15 is 0 Å². The van der Waals surface area contributed by atoms with Crippen LogP contribution in [0.4, 0.5) is 14.5 Å². The number of hydrogen-bond donors (Lipinski definition) is 3. The second-order valence-corrected chi connectivity index (χ2v) is 6.11. The lowest BCUT2D eigenvalue weighted by Gasteiger charge is -2.07. The van der Waals surface area contributed by atoms with E-state index in [1.807, 2.05) is 13.8 Å². The Bertz CT molecular complexity index is 777. The van der Waals surface area contributed by atoms with E-state index in [0.29, 0.717) is 4.47 Å². The Kier molecular flexibility index (Phi) is 5.66. The number of carbonyl (C=O) groups is 2. The highest BCUT2D eigenvalue weighted by atomic mass is 79.9. The second kappa shape index (κ2) is 7.52. The summed E-state index contributed by atoms with van der Waals surface area (Å²) in [5.41, 5.74) is 1.00. The Morgan fingerprint density at radius 3 is 2.58 bits per heavy atom. The van der Waals surface area contributed by atoms with Gasteiger partial charge in [0.15, 0.2) is 17.3 Å². The van der Waals surface area contributed by atoms with Crippen LogP contribution in [-0.4, -0.2) is 28.6 Å². The number of aromatic nitrogens is 2. The van der Waals surface area contributed by atoms with Crippen LogP contribution in [0.3, 0.4) is 0 Å². The molecule has 128 valence electrons. The highest BCUT2D eigenvalue weighted by Crippen LogP contribution is 2.25. The highest BCUT2D eigenvalue weighted by Gasteiger charge is 2.19. The minimum atomic E-state index is -1.07. The molecule has 0 spiro atoms. The van der Waals surface area contributed by atoms with Crippen LogP contribution in [0.25, 0.3) is 0 Å². The molecular weight excluding hydrogens is 386 g/mol. The molecule has 0 atom stereocenters. The zero-order valence-corrected chi connectivity index (χ0v) is 14.5. The molecule has 24 heavy (non-hydrogen) atoms. The van der Waals surface area contributed by atoms with Crippen LogP contribution < -0.4 is 10.6 Å². The number of carbonyl (C=O) groups excluding carboxylic acids is 2. The maximum atomic E-state index is 13.1. The Balaban J connectivity index is 1.93. The van der Waals surface area contributed by atoms with Gasteiger partial charge in [-0.3, -0.25) is 14.7 Å². The molecule has 0 unspecified atom stereocenters. The molecule has 0 saturated carbocycles. The fraction of sp³-hybridized carbons (Fsp3) is 0.267. The molecule has 0 aliphatic carbocycles. The minimum absolute atomic E-state index is 0.0937. The van der Waals surface area contributed by atoms with Crippen molar-refractivity contribution in [2.24, 2.45) is 0 Å². The van der Waals surface area contributed by atoms with E-state index < -0.39 is 23.4 Å². The lowest BCUT2D eigenvalue weighted by atomic mass is 10.1. The number of amides is 2. The van der Waals surface area contributed by atoms with Crippen molar-refractivity contribution in [2.75, 3.05) is 11.9 Å². The lowest BCUT2D eigenvalue weighted by Crippen LogP contribution is -2.33. The van der Waals surface area contributed by atoms with E-state index in [4.69, 9.17) is 0 Å². The first-order chi connectivity index (χ1) is 11.3. The van der Waals surface area contributed by atoms with Crippen LogP contribution in [0.15, 0.2) is 22.7 Å². The van der Waals surface area contributed by atoms with E-state index in [2.05, 4.69) is 36.8 Å². The number of hydrogen-bond acceptors (Lipinski definition) is 3. The Labute approximate surface area is 145 Å². The Morgan fingerprint density at radius 2 is 2.00 bits per heavy atom. The number of nitrogens with one attached hydrogen (secondary N) is 3. The molecule has 0 aliphatic heterocycles. The number of aromatic amines is 1. The molecule has 2 amide bonds. The van der Waals surface area contributed by atoms with Crippen molar-refractivity contribution in [3.05, 3.63) is 45.7 Å².